The quantitative estimate of drug-likeness (QED) is 0.761. The van der Waals surface area contributed by atoms with Crippen LogP contribution in [0.1, 0.15) is 57.6 Å². The van der Waals surface area contributed by atoms with Crippen molar-refractivity contribution in [1.82, 2.24) is 5.32 Å². The molecule has 2 atom stereocenters. The molecule has 3 nitrogen and oxygen atoms in total. The van der Waals surface area contributed by atoms with Crippen molar-refractivity contribution in [3.8, 4) is 6.07 Å². The van der Waals surface area contributed by atoms with Gasteiger partial charge in [0.25, 0.3) is 0 Å². The minimum Gasteiger partial charge on any atom is -0.330 e. The molecule has 22 heavy (non-hydrogen) atoms. The zero-order valence-electron chi connectivity index (χ0n) is 14.3. The van der Waals surface area contributed by atoms with Gasteiger partial charge in [0.1, 0.15) is 0 Å². The Kier molecular flexibility index (Phi) is 13.0. The molecular formula is C18H30N2OS. The van der Waals surface area contributed by atoms with Crippen LogP contribution in [0.2, 0.25) is 0 Å². The summed E-state index contributed by atoms with van der Waals surface area (Å²) in [4.78, 5) is 0. The van der Waals surface area contributed by atoms with Gasteiger partial charge in [-0.3, -0.25) is 0 Å². The van der Waals surface area contributed by atoms with Crippen LogP contribution in [0.25, 0.3) is 0 Å². The van der Waals surface area contributed by atoms with E-state index in [1.165, 1.54) is 12.0 Å². The summed E-state index contributed by atoms with van der Waals surface area (Å²) in [6, 6.07) is 11.3. The predicted molar refractivity (Wildman–Crippen MR) is 97.3 cm³/mol. The maximum absolute atomic E-state index is 8.79. The molecule has 1 heterocycles. The molecule has 1 saturated heterocycles. The number of nitriles is 1. The van der Waals surface area contributed by atoms with Crippen LogP contribution in [0, 0.1) is 11.3 Å². The molecular weight excluding hydrogens is 292 g/mol. The lowest BCUT2D eigenvalue weighted by atomic mass is 9.95. The van der Waals surface area contributed by atoms with Gasteiger partial charge in [-0.2, -0.15) is 5.26 Å². The lowest BCUT2D eigenvalue weighted by Gasteiger charge is -2.27. The van der Waals surface area contributed by atoms with Gasteiger partial charge in [-0.15, -0.1) is 0 Å². The van der Waals surface area contributed by atoms with Crippen molar-refractivity contribution < 1.29 is 4.55 Å². The topological polar surface area (TPSA) is 56.0 Å². The summed E-state index contributed by atoms with van der Waals surface area (Å²) < 4.78 is 7.98. The Bertz CT molecular complexity index is 408. The molecule has 0 saturated carbocycles. The van der Waals surface area contributed by atoms with E-state index >= 15 is 0 Å². The zero-order chi connectivity index (χ0) is 16.8. The fourth-order valence-corrected chi connectivity index (χ4v) is 2.10. The van der Waals surface area contributed by atoms with E-state index in [4.69, 9.17) is 9.81 Å². The molecule has 0 aliphatic carbocycles. The summed E-state index contributed by atoms with van der Waals surface area (Å²) in [6.45, 7) is 9.12. The van der Waals surface area contributed by atoms with Gasteiger partial charge in [-0.25, -0.2) is 0 Å². The molecule has 2 rings (SSSR count). The average Bonchev–Trinajstić information content (AvgIpc) is 2.54. The Morgan fingerprint density at radius 2 is 1.95 bits per heavy atom. The van der Waals surface area contributed by atoms with E-state index in [1.807, 2.05) is 27.7 Å². The van der Waals surface area contributed by atoms with Gasteiger partial charge in [0.2, 0.25) is 0 Å². The molecule has 1 aromatic rings. The summed E-state index contributed by atoms with van der Waals surface area (Å²) in [6.07, 6.45) is 3.46. The second kappa shape index (κ2) is 13.6. The second-order valence-corrected chi connectivity index (χ2v) is 5.74. The highest BCUT2D eigenvalue weighted by molar-refractivity contribution is 7.93. The molecule has 0 amide bonds. The minimum atomic E-state index is 0.000813. The maximum Gasteiger partial charge on any atom is 0.0700 e. The van der Waals surface area contributed by atoms with E-state index in [0.717, 1.165) is 42.7 Å². The molecule has 1 aromatic carbocycles. The van der Waals surface area contributed by atoms with Crippen LogP contribution in [-0.4, -0.2) is 22.9 Å². The largest absolute Gasteiger partial charge is 0.330 e. The SMILES string of the molecule is CC.CC(C#N)c1ccc(CC2CCN2)cc1.CCCSO. The van der Waals surface area contributed by atoms with Gasteiger partial charge < -0.3 is 9.87 Å². The average molecular weight is 323 g/mol. The van der Waals surface area contributed by atoms with Gasteiger partial charge in [0, 0.05) is 11.8 Å². The van der Waals surface area contributed by atoms with Gasteiger partial charge in [0.15, 0.2) is 0 Å². The maximum atomic E-state index is 8.79. The van der Waals surface area contributed by atoms with Crippen molar-refractivity contribution in [2.75, 3.05) is 12.3 Å². The molecule has 1 aliphatic heterocycles. The monoisotopic (exact) mass is 322 g/mol. The predicted octanol–water partition coefficient (Wildman–Crippen LogP) is 4.85. The van der Waals surface area contributed by atoms with E-state index in [1.54, 1.807) is 0 Å². The summed E-state index contributed by atoms with van der Waals surface area (Å²) in [7, 11) is 0. The van der Waals surface area contributed by atoms with Gasteiger partial charge >= 0.3 is 0 Å². The third-order valence-corrected chi connectivity index (χ3v) is 3.97. The molecule has 0 bridgehead atoms. The molecule has 0 spiro atoms. The first kappa shape index (κ1) is 21.0. The van der Waals surface area contributed by atoms with Crippen molar-refractivity contribution >= 4 is 12.0 Å². The van der Waals surface area contributed by atoms with Crippen molar-refractivity contribution in [2.45, 2.75) is 58.9 Å². The van der Waals surface area contributed by atoms with Crippen molar-refractivity contribution in [3.63, 3.8) is 0 Å². The minimum absolute atomic E-state index is 0.000813. The third kappa shape index (κ3) is 8.43. The zero-order valence-corrected chi connectivity index (χ0v) is 15.1. The summed E-state index contributed by atoms with van der Waals surface area (Å²) in [5.41, 5.74) is 2.48. The molecule has 1 aliphatic rings. The number of rotatable bonds is 5. The first-order valence-corrected chi connectivity index (χ1v) is 9.13. The number of hydrogen-bond acceptors (Lipinski definition) is 4. The molecule has 0 aromatic heterocycles. The van der Waals surface area contributed by atoms with Crippen LogP contribution < -0.4 is 5.32 Å². The Hall–Kier alpha value is -1.02. The van der Waals surface area contributed by atoms with Crippen LogP contribution >= 0.6 is 12.0 Å². The van der Waals surface area contributed by atoms with Crippen LogP contribution in [-0.2, 0) is 6.42 Å². The van der Waals surface area contributed by atoms with Crippen LogP contribution in [0.5, 0.6) is 0 Å². The second-order valence-electron chi connectivity index (χ2n) is 5.07. The molecule has 2 N–H and O–H groups in total. The smallest absolute Gasteiger partial charge is 0.0700 e. The normalized spacial score (nSPS) is 16.8. The Morgan fingerprint density at radius 3 is 2.27 bits per heavy atom. The number of nitrogens with zero attached hydrogens (tertiary/aromatic N) is 1. The van der Waals surface area contributed by atoms with E-state index in [9.17, 15) is 0 Å². The van der Waals surface area contributed by atoms with E-state index in [-0.39, 0.29) is 5.92 Å². The van der Waals surface area contributed by atoms with Gasteiger partial charge in [-0.05, 0) is 55.9 Å². The highest BCUT2D eigenvalue weighted by atomic mass is 32.2. The molecule has 124 valence electrons. The van der Waals surface area contributed by atoms with Crippen LogP contribution in [0.4, 0.5) is 0 Å². The van der Waals surface area contributed by atoms with Crippen molar-refractivity contribution in [3.05, 3.63) is 35.4 Å². The molecule has 1 fully saturated rings. The standard InChI is InChI=1S/C13H16N2.C3H8OS.C2H6/c1-10(9-14)12-4-2-11(3-5-12)8-13-6-7-15-13;1-2-3-5-4;1-2/h2-5,10,13,15H,6-8H2,1H3;4H,2-3H2,1H3;1-2H3. The first-order chi connectivity index (χ1) is 10.7. The van der Waals surface area contributed by atoms with E-state index in [2.05, 4.69) is 35.7 Å². The van der Waals surface area contributed by atoms with E-state index < -0.39 is 0 Å². The Balaban J connectivity index is 0.000000540. The molecule has 4 heteroatoms. The number of benzene rings is 1. The third-order valence-electron chi connectivity index (χ3n) is 3.38. The molecule has 0 radical (unpaired) electrons. The summed E-state index contributed by atoms with van der Waals surface area (Å²) in [5, 5.41) is 12.2. The Labute approximate surface area is 140 Å². The molecule has 2 unspecified atom stereocenters. The lowest BCUT2D eigenvalue weighted by Crippen LogP contribution is -2.44. The fraction of sp³-hybridized carbons (Fsp3) is 0.611. The highest BCUT2D eigenvalue weighted by Crippen LogP contribution is 2.17. The van der Waals surface area contributed by atoms with Crippen molar-refractivity contribution in [1.29, 1.82) is 5.26 Å². The first-order valence-electron chi connectivity index (χ1n) is 8.19. The fourth-order valence-electron chi connectivity index (χ4n) is 1.92. The lowest BCUT2D eigenvalue weighted by molar-refractivity contribution is 0.369. The highest BCUT2D eigenvalue weighted by Gasteiger charge is 2.16. The summed E-state index contributed by atoms with van der Waals surface area (Å²) >= 11 is 0.902. The van der Waals surface area contributed by atoms with Crippen LogP contribution in [0.15, 0.2) is 24.3 Å². The van der Waals surface area contributed by atoms with Crippen LogP contribution in [0.3, 0.4) is 0 Å². The van der Waals surface area contributed by atoms with Gasteiger partial charge in [0.05, 0.1) is 12.0 Å². The summed E-state index contributed by atoms with van der Waals surface area (Å²) in [5.74, 6) is 0.862. The number of nitrogens with one attached hydrogen (secondary N) is 1. The van der Waals surface area contributed by atoms with Gasteiger partial charge in [-0.1, -0.05) is 45.0 Å². The van der Waals surface area contributed by atoms with Crippen molar-refractivity contribution in [2.24, 2.45) is 0 Å². The number of hydrogen-bond donors (Lipinski definition) is 2. The van der Waals surface area contributed by atoms with E-state index in [0.29, 0.717) is 6.04 Å². The Morgan fingerprint density at radius 1 is 1.36 bits per heavy atom.